The molecule has 5 nitrogen and oxygen atoms in total. The van der Waals surface area contributed by atoms with Gasteiger partial charge in [-0.25, -0.2) is 0 Å². The summed E-state index contributed by atoms with van der Waals surface area (Å²) < 4.78 is 5.69. The van der Waals surface area contributed by atoms with Gasteiger partial charge in [-0.05, 0) is 72.7 Å². The second-order valence-corrected chi connectivity index (χ2v) is 8.13. The molecular formula is C29H26N2O3. The summed E-state index contributed by atoms with van der Waals surface area (Å²) in [5, 5.41) is 7.76. The maximum absolute atomic E-state index is 13.2. The second kappa shape index (κ2) is 10.5. The minimum absolute atomic E-state index is 0.0647. The summed E-state index contributed by atoms with van der Waals surface area (Å²) >= 11 is 0. The summed E-state index contributed by atoms with van der Waals surface area (Å²) in [6, 6.07) is 29.8. The first kappa shape index (κ1) is 22.8. The van der Waals surface area contributed by atoms with Crippen LogP contribution < -0.4 is 15.4 Å². The molecule has 4 aromatic carbocycles. The molecule has 0 aliphatic carbocycles. The van der Waals surface area contributed by atoms with Crippen molar-refractivity contribution in [2.75, 3.05) is 5.32 Å². The molecule has 0 aromatic heterocycles. The molecule has 0 bridgehead atoms. The molecule has 2 amide bonds. The van der Waals surface area contributed by atoms with Gasteiger partial charge in [-0.2, -0.15) is 0 Å². The van der Waals surface area contributed by atoms with E-state index >= 15 is 0 Å². The van der Waals surface area contributed by atoms with Crippen LogP contribution in [-0.4, -0.2) is 17.9 Å². The van der Waals surface area contributed by atoms with Gasteiger partial charge in [0.2, 0.25) is 0 Å². The summed E-state index contributed by atoms with van der Waals surface area (Å²) in [6.07, 6.45) is 1.71. The van der Waals surface area contributed by atoms with E-state index in [-0.39, 0.29) is 17.7 Å². The van der Waals surface area contributed by atoms with Gasteiger partial charge >= 0.3 is 0 Å². The van der Waals surface area contributed by atoms with Crippen LogP contribution >= 0.6 is 0 Å². The molecule has 0 atom stereocenters. The molecule has 0 radical (unpaired) electrons. The zero-order valence-electron chi connectivity index (χ0n) is 19.1. The molecule has 4 rings (SSSR count). The molecule has 4 aromatic rings. The highest BCUT2D eigenvalue weighted by Crippen LogP contribution is 2.20. The van der Waals surface area contributed by atoms with Crippen molar-refractivity contribution in [3.05, 3.63) is 114 Å². The average Bonchev–Trinajstić information content (AvgIpc) is 2.85. The Balaban J connectivity index is 1.60. The van der Waals surface area contributed by atoms with Gasteiger partial charge in [0, 0.05) is 11.3 Å². The Morgan fingerprint density at radius 2 is 1.47 bits per heavy atom. The van der Waals surface area contributed by atoms with Crippen molar-refractivity contribution in [2.24, 2.45) is 0 Å². The molecule has 0 fully saturated rings. The lowest BCUT2D eigenvalue weighted by molar-refractivity contribution is -0.113. The van der Waals surface area contributed by atoms with Gasteiger partial charge in [-0.1, -0.05) is 60.7 Å². The maximum Gasteiger partial charge on any atom is 0.272 e. The third-order valence-electron chi connectivity index (χ3n) is 5.10. The number of benzene rings is 4. The second-order valence-electron chi connectivity index (χ2n) is 8.13. The number of hydrogen-bond donors (Lipinski definition) is 2. The van der Waals surface area contributed by atoms with Gasteiger partial charge in [0.05, 0.1) is 6.10 Å². The molecule has 0 heterocycles. The van der Waals surface area contributed by atoms with Crippen LogP contribution in [0.2, 0.25) is 0 Å². The Kier molecular flexibility index (Phi) is 7.04. The predicted molar refractivity (Wildman–Crippen MR) is 137 cm³/mol. The number of hydrogen-bond acceptors (Lipinski definition) is 3. The third kappa shape index (κ3) is 5.90. The van der Waals surface area contributed by atoms with Gasteiger partial charge in [0.1, 0.15) is 11.4 Å². The highest BCUT2D eigenvalue weighted by molar-refractivity contribution is 6.11. The number of carbonyl (C=O) groups is 2. The van der Waals surface area contributed by atoms with Crippen LogP contribution in [0.25, 0.3) is 16.8 Å². The van der Waals surface area contributed by atoms with E-state index in [1.807, 2.05) is 86.6 Å². The van der Waals surface area contributed by atoms with Crippen LogP contribution in [0.3, 0.4) is 0 Å². The Hall–Kier alpha value is -4.38. The Labute approximate surface area is 199 Å². The first-order chi connectivity index (χ1) is 16.5. The Morgan fingerprint density at radius 1 is 0.794 bits per heavy atom. The fourth-order valence-electron chi connectivity index (χ4n) is 3.49. The standard InChI is InChI=1S/C29H26N2O3/c1-20(2)34-26-16-12-21(13-17-26)18-27(31-28(32)23-9-4-3-5-10-23)29(33)30-25-15-14-22-8-6-7-11-24(22)19-25/h3-20H,1-2H3,(H,30,33)(H,31,32)/b27-18-. The predicted octanol–water partition coefficient (Wildman–Crippen LogP) is 6.04. The zero-order valence-corrected chi connectivity index (χ0v) is 19.1. The maximum atomic E-state index is 13.2. The van der Waals surface area contributed by atoms with E-state index in [4.69, 9.17) is 4.74 Å². The number of nitrogens with one attached hydrogen (secondary N) is 2. The highest BCUT2D eigenvalue weighted by atomic mass is 16.5. The summed E-state index contributed by atoms with van der Waals surface area (Å²) in [7, 11) is 0. The molecule has 0 unspecified atom stereocenters. The van der Waals surface area contributed by atoms with Crippen molar-refractivity contribution < 1.29 is 14.3 Å². The zero-order chi connectivity index (χ0) is 23.9. The van der Waals surface area contributed by atoms with Crippen LogP contribution in [-0.2, 0) is 4.79 Å². The van der Waals surface area contributed by atoms with Gasteiger partial charge in [0.15, 0.2) is 0 Å². The van der Waals surface area contributed by atoms with Crippen LogP contribution in [0.4, 0.5) is 5.69 Å². The van der Waals surface area contributed by atoms with E-state index < -0.39 is 5.91 Å². The van der Waals surface area contributed by atoms with Gasteiger partial charge < -0.3 is 15.4 Å². The summed E-state index contributed by atoms with van der Waals surface area (Å²) in [5.74, 6) is -0.0371. The first-order valence-electron chi connectivity index (χ1n) is 11.1. The number of amides is 2. The van der Waals surface area contributed by atoms with Crippen LogP contribution in [0.5, 0.6) is 5.75 Å². The molecule has 0 aliphatic rings. The number of carbonyl (C=O) groups excluding carboxylic acids is 2. The SMILES string of the molecule is CC(C)Oc1ccc(/C=C(\NC(=O)c2ccccc2)C(=O)Nc2ccc3ccccc3c2)cc1. The van der Waals surface area contributed by atoms with E-state index in [9.17, 15) is 9.59 Å². The molecule has 34 heavy (non-hydrogen) atoms. The molecule has 0 saturated heterocycles. The molecule has 0 saturated carbocycles. The smallest absolute Gasteiger partial charge is 0.272 e. The van der Waals surface area contributed by atoms with Crippen molar-refractivity contribution >= 4 is 34.4 Å². The van der Waals surface area contributed by atoms with E-state index in [1.54, 1.807) is 30.3 Å². The minimum Gasteiger partial charge on any atom is -0.491 e. The topological polar surface area (TPSA) is 67.4 Å². The van der Waals surface area contributed by atoms with Gasteiger partial charge in [-0.15, -0.1) is 0 Å². The summed E-state index contributed by atoms with van der Waals surface area (Å²) in [5.41, 5.74) is 2.00. The number of anilines is 1. The van der Waals surface area contributed by atoms with Crippen molar-refractivity contribution in [2.45, 2.75) is 20.0 Å². The van der Waals surface area contributed by atoms with Crippen molar-refractivity contribution in [3.63, 3.8) is 0 Å². The number of fused-ring (bicyclic) bond motifs is 1. The van der Waals surface area contributed by atoms with Crippen LogP contribution in [0.1, 0.15) is 29.8 Å². The Morgan fingerprint density at radius 3 is 2.18 bits per heavy atom. The van der Waals surface area contributed by atoms with E-state index in [0.717, 1.165) is 22.1 Å². The largest absolute Gasteiger partial charge is 0.491 e. The Bertz CT molecular complexity index is 1330. The van der Waals surface area contributed by atoms with Crippen LogP contribution in [0.15, 0.2) is 103 Å². The van der Waals surface area contributed by atoms with Crippen LogP contribution in [0, 0.1) is 0 Å². The number of ether oxygens (including phenoxy) is 1. The van der Waals surface area contributed by atoms with Gasteiger partial charge in [0.25, 0.3) is 11.8 Å². The lowest BCUT2D eigenvalue weighted by Crippen LogP contribution is -2.30. The molecular weight excluding hydrogens is 424 g/mol. The molecule has 5 heteroatoms. The average molecular weight is 451 g/mol. The molecule has 170 valence electrons. The fraction of sp³-hybridized carbons (Fsp3) is 0.103. The highest BCUT2D eigenvalue weighted by Gasteiger charge is 2.15. The molecule has 2 N–H and O–H groups in total. The molecule has 0 spiro atoms. The fourth-order valence-corrected chi connectivity index (χ4v) is 3.49. The van der Waals surface area contributed by atoms with Crippen molar-refractivity contribution in [1.82, 2.24) is 5.32 Å². The number of rotatable bonds is 7. The normalized spacial score (nSPS) is 11.3. The lowest BCUT2D eigenvalue weighted by Gasteiger charge is -2.13. The quantitative estimate of drug-likeness (QED) is 0.338. The van der Waals surface area contributed by atoms with E-state index in [2.05, 4.69) is 10.6 Å². The van der Waals surface area contributed by atoms with E-state index in [0.29, 0.717) is 11.3 Å². The van der Waals surface area contributed by atoms with Crippen molar-refractivity contribution in [3.8, 4) is 5.75 Å². The summed E-state index contributed by atoms with van der Waals surface area (Å²) in [6.45, 7) is 3.92. The van der Waals surface area contributed by atoms with Crippen molar-refractivity contribution in [1.29, 1.82) is 0 Å². The summed E-state index contributed by atoms with van der Waals surface area (Å²) in [4.78, 5) is 26.0. The molecule has 0 aliphatic heterocycles. The third-order valence-corrected chi connectivity index (χ3v) is 5.10. The monoisotopic (exact) mass is 450 g/mol. The van der Waals surface area contributed by atoms with Gasteiger partial charge in [-0.3, -0.25) is 9.59 Å². The lowest BCUT2D eigenvalue weighted by atomic mass is 10.1. The minimum atomic E-state index is -0.415. The first-order valence-corrected chi connectivity index (χ1v) is 11.1. The van der Waals surface area contributed by atoms with E-state index in [1.165, 1.54) is 0 Å².